The lowest BCUT2D eigenvalue weighted by atomic mass is 9.89. The standard InChI is InChI=1S/C19H21N3O5/c1-3-26-17(24)19(22-12-23,18(25)27-4-2)10-14-11-21-15-7-5-6-13(8-9-20)16(14)15/h5-7,11-12,21H,3-4,8,10H2,1-2H3,(H,22,23). The van der Waals surface area contributed by atoms with Crippen LogP contribution in [0.4, 0.5) is 0 Å². The summed E-state index contributed by atoms with van der Waals surface area (Å²) in [6.07, 6.45) is 1.91. The molecule has 2 rings (SSSR count). The predicted molar refractivity (Wildman–Crippen MR) is 96.5 cm³/mol. The molecule has 0 bridgehead atoms. The number of ether oxygens (including phenoxy) is 2. The van der Waals surface area contributed by atoms with Crippen molar-refractivity contribution in [1.82, 2.24) is 10.3 Å². The molecule has 1 amide bonds. The first kappa shape index (κ1) is 20.0. The zero-order valence-corrected chi connectivity index (χ0v) is 15.2. The second-order valence-electron chi connectivity index (χ2n) is 5.77. The van der Waals surface area contributed by atoms with Gasteiger partial charge in [0.05, 0.1) is 25.7 Å². The zero-order chi connectivity index (χ0) is 19.9. The lowest BCUT2D eigenvalue weighted by Crippen LogP contribution is -2.60. The van der Waals surface area contributed by atoms with Gasteiger partial charge in [-0.25, -0.2) is 9.59 Å². The second kappa shape index (κ2) is 8.85. The highest BCUT2D eigenvalue weighted by atomic mass is 16.6. The zero-order valence-electron chi connectivity index (χ0n) is 15.2. The predicted octanol–water partition coefficient (Wildman–Crippen LogP) is 1.39. The molecular weight excluding hydrogens is 350 g/mol. The van der Waals surface area contributed by atoms with Gasteiger partial charge in [-0.15, -0.1) is 0 Å². The Hall–Kier alpha value is -3.34. The number of nitriles is 1. The van der Waals surface area contributed by atoms with E-state index in [9.17, 15) is 14.4 Å². The molecule has 8 nitrogen and oxygen atoms in total. The fourth-order valence-corrected chi connectivity index (χ4v) is 3.00. The minimum absolute atomic E-state index is 0.0358. The van der Waals surface area contributed by atoms with Gasteiger partial charge < -0.3 is 19.8 Å². The molecule has 2 N–H and O–H groups in total. The number of esters is 2. The van der Waals surface area contributed by atoms with Gasteiger partial charge in [-0.05, 0) is 31.0 Å². The summed E-state index contributed by atoms with van der Waals surface area (Å²) < 4.78 is 10.1. The van der Waals surface area contributed by atoms with E-state index in [1.165, 1.54) is 0 Å². The minimum atomic E-state index is -2.01. The number of rotatable bonds is 9. The van der Waals surface area contributed by atoms with Gasteiger partial charge in [0.1, 0.15) is 0 Å². The van der Waals surface area contributed by atoms with Crippen molar-refractivity contribution in [3.63, 3.8) is 0 Å². The number of carbonyl (C=O) groups is 3. The number of fused-ring (bicyclic) bond motifs is 1. The van der Waals surface area contributed by atoms with Crippen molar-refractivity contribution in [2.75, 3.05) is 13.2 Å². The summed E-state index contributed by atoms with van der Waals surface area (Å²) >= 11 is 0. The first-order valence-electron chi connectivity index (χ1n) is 8.54. The normalized spacial score (nSPS) is 10.9. The molecule has 0 unspecified atom stereocenters. The van der Waals surface area contributed by atoms with Crippen molar-refractivity contribution in [3.8, 4) is 6.07 Å². The third kappa shape index (κ3) is 3.92. The van der Waals surface area contributed by atoms with Gasteiger partial charge in [-0.2, -0.15) is 5.26 Å². The number of carbonyl (C=O) groups excluding carboxylic acids is 3. The molecule has 0 aliphatic heterocycles. The molecule has 0 fully saturated rings. The van der Waals surface area contributed by atoms with Crippen LogP contribution in [0.3, 0.4) is 0 Å². The van der Waals surface area contributed by atoms with E-state index in [-0.39, 0.29) is 32.5 Å². The third-order valence-electron chi connectivity index (χ3n) is 4.15. The van der Waals surface area contributed by atoms with Crippen LogP contribution >= 0.6 is 0 Å². The van der Waals surface area contributed by atoms with E-state index in [4.69, 9.17) is 14.7 Å². The van der Waals surface area contributed by atoms with Crippen molar-refractivity contribution in [1.29, 1.82) is 5.26 Å². The molecule has 0 saturated carbocycles. The molecule has 0 saturated heterocycles. The van der Waals surface area contributed by atoms with Gasteiger partial charge in [-0.3, -0.25) is 4.79 Å². The molecule has 1 aromatic heterocycles. The van der Waals surface area contributed by atoms with Gasteiger partial charge in [0.15, 0.2) is 0 Å². The Kier molecular flexibility index (Phi) is 6.55. The summed E-state index contributed by atoms with van der Waals surface area (Å²) in [6, 6.07) is 7.53. The summed E-state index contributed by atoms with van der Waals surface area (Å²) in [5.74, 6) is -1.80. The van der Waals surface area contributed by atoms with Crippen LogP contribution in [0, 0.1) is 11.3 Å². The van der Waals surface area contributed by atoms with E-state index in [1.807, 2.05) is 12.1 Å². The van der Waals surface area contributed by atoms with Gasteiger partial charge in [0.2, 0.25) is 11.9 Å². The summed E-state index contributed by atoms with van der Waals surface area (Å²) in [5, 5.41) is 12.1. The average Bonchev–Trinajstić information content (AvgIpc) is 3.05. The van der Waals surface area contributed by atoms with Gasteiger partial charge in [0.25, 0.3) is 0 Å². The van der Waals surface area contributed by atoms with Crippen molar-refractivity contribution >= 4 is 29.3 Å². The Morgan fingerprint density at radius 2 is 1.89 bits per heavy atom. The Labute approximate surface area is 156 Å². The van der Waals surface area contributed by atoms with Crippen LogP contribution in [-0.4, -0.2) is 42.1 Å². The molecule has 142 valence electrons. The van der Waals surface area contributed by atoms with Gasteiger partial charge in [0, 0.05) is 23.5 Å². The highest BCUT2D eigenvalue weighted by Gasteiger charge is 2.49. The summed E-state index contributed by atoms with van der Waals surface area (Å²) in [5.41, 5.74) is 0.0820. The lowest BCUT2D eigenvalue weighted by Gasteiger charge is -2.28. The summed E-state index contributed by atoms with van der Waals surface area (Å²) in [4.78, 5) is 39.6. The van der Waals surface area contributed by atoms with Crippen LogP contribution in [0.5, 0.6) is 0 Å². The number of aromatic amines is 1. The third-order valence-corrected chi connectivity index (χ3v) is 4.15. The minimum Gasteiger partial charge on any atom is -0.464 e. The fourth-order valence-electron chi connectivity index (χ4n) is 3.00. The Bertz CT molecular complexity index is 863. The van der Waals surface area contributed by atoms with Crippen LogP contribution in [0.15, 0.2) is 24.4 Å². The van der Waals surface area contributed by atoms with E-state index < -0.39 is 17.5 Å². The molecule has 8 heteroatoms. The molecule has 0 atom stereocenters. The number of hydrogen-bond acceptors (Lipinski definition) is 6. The molecule has 0 aliphatic carbocycles. The van der Waals surface area contributed by atoms with Crippen molar-refractivity contribution in [3.05, 3.63) is 35.5 Å². The first-order chi connectivity index (χ1) is 13.0. The smallest absolute Gasteiger partial charge is 0.344 e. The number of hydrogen-bond donors (Lipinski definition) is 2. The maximum Gasteiger partial charge on any atom is 0.344 e. The molecule has 27 heavy (non-hydrogen) atoms. The fraction of sp³-hybridized carbons (Fsp3) is 0.368. The van der Waals surface area contributed by atoms with Crippen LogP contribution in [0.25, 0.3) is 10.9 Å². The molecule has 0 spiro atoms. The number of aromatic nitrogens is 1. The van der Waals surface area contributed by atoms with Gasteiger partial charge in [-0.1, -0.05) is 12.1 Å². The highest BCUT2D eigenvalue weighted by Crippen LogP contribution is 2.28. The molecule has 1 aromatic carbocycles. The van der Waals surface area contributed by atoms with Crippen LogP contribution in [0.1, 0.15) is 25.0 Å². The van der Waals surface area contributed by atoms with Gasteiger partial charge >= 0.3 is 11.9 Å². The van der Waals surface area contributed by atoms with E-state index in [0.717, 1.165) is 16.5 Å². The quantitative estimate of drug-likeness (QED) is 0.390. The van der Waals surface area contributed by atoms with Crippen molar-refractivity contribution in [2.24, 2.45) is 0 Å². The average molecular weight is 371 g/mol. The number of nitrogens with one attached hydrogen (secondary N) is 2. The first-order valence-corrected chi connectivity index (χ1v) is 8.54. The van der Waals surface area contributed by atoms with Crippen LogP contribution in [-0.2, 0) is 36.7 Å². The Morgan fingerprint density at radius 1 is 1.22 bits per heavy atom. The largest absolute Gasteiger partial charge is 0.464 e. The summed E-state index contributed by atoms with van der Waals surface area (Å²) in [7, 11) is 0. The van der Waals surface area contributed by atoms with E-state index in [0.29, 0.717) is 5.56 Å². The molecule has 0 radical (unpaired) electrons. The Balaban J connectivity index is 2.59. The Morgan fingerprint density at radius 3 is 2.44 bits per heavy atom. The number of amides is 1. The molecular formula is C19H21N3O5. The van der Waals surface area contributed by atoms with E-state index >= 15 is 0 Å². The molecule has 2 aromatic rings. The summed E-state index contributed by atoms with van der Waals surface area (Å²) in [6.45, 7) is 3.28. The second-order valence-corrected chi connectivity index (χ2v) is 5.77. The SMILES string of the molecule is CCOC(=O)C(Cc1c[nH]c2cccc(CC#N)c12)(NC=O)C(=O)OCC. The van der Waals surface area contributed by atoms with Crippen molar-refractivity contribution < 1.29 is 23.9 Å². The number of nitrogens with zero attached hydrogens (tertiary/aromatic N) is 1. The highest BCUT2D eigenvalue weighted by molar-refractivity contribution is 6.07. The van der Waals surface area contributed by atoms with Crippen molar-refractivity contribution in [2.45, 2.75) is 32.2 Å². The molecule has 0 aliphatic rings. The van der Waals surface area contributed by atoms with E-state index in [2.05, 4.69) is 16.4 Å². The van der Waals surface area contributed by atoms with E-state index in [1.54, 1.807) is 26.1 Å². The van der Waals surface area contributed by atoms with Crippen LogP contribution < -0.4 is 5.32 Å². The topological polar surface area (TPSA) is 121 Å². The molecule has 1 heterocycles. The lowest BCUT2D eigenvalue weighted by molar-refractivity contribution is -0.167. The van der Waals surface area contributed by atoms with Crippen LogP contribution in [0.2, 0.25) is 0 Å². The monoisotopic (exact) mass is 371 g/mol. The maximum absolute atomic E-state index is 12.6. The number of H-pyrrole nitrogens is 1. The number of benzene rings is 1. The maximum atomic E-state index is 12.6.